The Morgan fingerprint density at radius 3 is 1.18 bits per heavy atom. The Morgan fingerprint density at radius 1 is 0.440 bits per heavy atom. The van der Waals surface area contributed by atoms with Gasteiger partial charge in [0, 0.05) is 34.6 Å². The molecule has 0 bridgehead atoms. The highest BCUT2D eigenvalue weighted by atomic mass is 28.4. The van der Waals surface area contributed by atoms with E-state index in [2.05, 4.69) is 0 Å². The standard InChI is InChI=1S/C31H56O16Si3/c1-17(32)37-15-22-24(39-19(3)34)26(40-20(4)35)28(41-21(5)36)30(42-22)44-31-29(47-50(12,13)14)27(46-49(9,10)11)25(45-48(6,7)8)23(43-31)16-38-18(2)33/h22-31H,15-16H2,1-14H3/t22?,23?,24-,25-,26-,27+,28?,29?,30-,31-/m1/s1. The number of hydrogen-bond acceptors (Lipinski definition) is 16. The van der Waals surface area contributed by atoms with Gasteiger partial charge in [-0.25, -0.2) is 0 Å². The molecule has 16 nitrogen and oxygen atoms in total. The monoisotopic (exact) mass is 768 g/mol. The fourth-order valence-electron chi connectivity index (χ4n) is 5.38. The van der Waals surface area contributed by atoms with Crippen LogP contribution in [0.4, 0.5) is 0 Å². The van der Waals surface area contributed by atoms with Gasteiger partial charge in [0.1, 0.15) is 43.7 Å². The molecular weight excluding hydrogens is 713 g/mol. The van der Waals surface area contributed by atoms with E-state index >= 15 is 0 Å². The van der Waals surface area contributed by atoms with Crippen LogP contribution >= 0.6 is 0 Å². The summed E-state index contributed by atoms with van der Waals surface area (Å²) in [5.41, 5.74) is 0. The van der Waals surface area contributed by atoms with Gasteiger partial charge in [0.05, 0.1) is 0 Å². The maximum atomic E-state index is 12.5. The van der Waals surface area contributed by atoms with E-state index < -0.39 is 123 Å². The van der Waals surface area contributed by atoms with Gasteiger partial charge in [0.25, 0.3) is 0 Å². The molecule has 0 amide bonds. The van der Waals surface area contributed by atoms with Gasteiger partial charge >= 0.3 is 29.8 Å². The molecule has 2 aliphatic rings. The van der Waals surface area contributed by atoms with Crippen LogP contribution in [0.5, 0.6) is 0 Å². The van der Waals surface area contributed by atoms with E-state index in [9.17, 15) is 24.0 Å². The molecule has 2 saturated heterocycles. The Balaban J connectivity index is 2.77. The fraction of sp³-hybridized carbons (Fsp3) is 0.839. The summed E-state index contributed by atoms with van der Waals surface area (Å²) in [6.45, 7) is 23.2. The fourth-order valence-corrected chi connectivity index (χ4v) is 8.63. The summed E-state index contributed by atoms with van der Waals surface area (Å²) in [5.74, 6) is -3.55. The van der Waals surface area contributed by atoms with Gasteiger partial charge < -0.3 is 51.2 Å². The van der Waals surface area contributed by atoms with Crippen molar-refractivity contribution in [3.8, 4) is 0 Å². The van der Waals surface area contributed by atoms with Crippen molar-refractivity contribution in [1.82, 2.24) is 0 Å². The third-order valence-electron chi connectivity index (χ3n) is 6.73. The molecule has 19 heteroatoms. The molecule has 0 aromatic rings. The van der Waals surface area contributed by atoms with E-state index in [0.717, 1.165) is 20.8 Å². The first kappa shape index (κ1) is 43.9. The third-order valence-corrected chi connectivity index (χ3v) is 9.67. The minimum absolute atomic E-state index is 0.214. The summed E-state index contributed by atoms with van der Waals surface area (Å²) in [6, 6.07) is 0. The zero-order valence-corrected chi connectivity index (χ0v) is 34.7. The topological polar surface area (TPSA) is 187 Å². The average molecular weight is 769 g/mol. The van der Waals surface area contributed by atoms with Crippen molar-refractivity contribution in [2.75, 3.05) is 13.2 Å². The Hall–Kier alpha value is -2.24. The maximum absolute atomic E-state index is 12.5. The summed E-state index contributed by atoms with van der Waals surface area (Å²) in [4.78, 5) is 60.9. The highest BCUT2D eigenvalue weighted by Crippen LogP contribution is 2.37. The van der Waals surface area contributed by atoms with E-state index in [1.807, 2.05) is 58.9 Å². The van der Waals surface area contributed by atoms with Crippen LogP contribution in [0.2, 0.25) is 58.9 Å². The second kappa shape index (κ2) is 18.0. The smallest absolute Gasteiger partial charge is 0.303 e. The van der Waals surface area contributed by atoms with Crippen molar-refractivity contribution in [3.63, 3.8) is 0 Å². The molecule has 0 aromatic heterocycles. The SMILES string of the molecule is CC(=O)OCC1O[C@H](O[C@H]2OC(COC(C)=O)[C@@H](OC(C)=O)[C@@H](OC(C)=O)C2OC(C)=O)C(O[Si](C)(C)C)[C@@H](O[Si](C)(C)C)[C@@H]1O[Si](C)(C)C. The molecule has 10 atom stereocenters. The normalized spacial score (nSPS) is 30.5. The lowest BCUT2D eigenvalue weighted by atomic mass is 9.97. The summed E-state index contributed by atoms with van der Waals surface area (Å²) >= 11 is 0. The molecule has 0 spiro atoms. The Morgan fingerprint density at radius 2 is 0.780 bits per heavy atom. The summed E-state index contributed by atoms with van der Waals surface area (Å²) in [7, 11) is -7.09. The molecular formula is C31H56O16Si3. The van der Waals surface area contributed by atoms with Crippen LogP contribution in [0.3, 0.4) is 0 Å². The Kier molecular flexibility index (Phi) is 15.8. The number of rotatable bonds is 15. The van der Waals surface area contributed by atoms with E-state index in [1.54, 1.807) is 0 Å². The van der Waals surface area contributed by atoms with Crippen molar-refractivity contribution in [2.24, 2.45) is 0 Å². The molecule has 50 heavy (non-hydrogen) atoms. The highest BCUT2D eigenvalue weighted by molar-refractivity contribution is 6.70. The molecule has 0 radical (unpaired) electrons. The molecule has 288 valence electrons. The molecule has 0 aliphatic carbocycles. The van der Waals surface area contributed by atoms with Crippen molar-refractivity contribution < 1.29 is 75.1 Å². The summed E-state index contributed by atoms with van der Waals surface area (Å²) < 4.78 is 66.7. The number of esters is 5. The van der Waals surface area contributed by atoms with Gasteiger partial charge in [-0.05, 0) is 58.9 Å². The second-order valence-electron chi connectivity index (χ2n) is 15.1. The van der Waals surface area contributed by atoms with Gasteiger partial charge in [-0.1, -0.05) is 0 Å². The molecule has 0 aromatic carbocycles. The average Bonchev–Trinajstić information content (AvgIpc) is 2.90. The van der Waals surface area contributed by atoms with Crippen LogP contribution in [0.1, 0.15) is 34.6 Å². The molecule has 2 heterocycles. The first-order chi connectivity index (χ1) is 22.8. The molecule has 4 unspecified atom stereocenters. The van der Waals surface area contributed by atoms with Crippen LogP contribution in [-0.4, -0.2) is 129 Å². The minimum Gasteiger partial charge on any atom is -0.463 e. The molecule has 0 N–H and O–H groups in total. The largest absolute Gasteiger partial charge is 0.463 e. The predicted molar refractivity (Wildman–Crippen MR) is 183 cm³/mol. The highest BCUT2D eigenvalue weighted by Gasteiger charge is 2.57. The predicted octanol–water partition coefficient (Wildman–Crippen LogP) is 3.03. The van der Waals surface area contributed by atoms with E-state index in [0.29, 0.717) is 0 Å². The van der Waals surface area contributed by atoms with Gasteiger partial charge in [-0.2, -0.15) is 0 Å². The Bertz CT molecular complexity index is 1200. The van der Waals surface area contributed by atoms with E-state index in [-0.39, 0.29) is 6.61 Å². The zero-order chi connectivity index (χ0) is 38.4. The lowest BCUT2D eigenvalue weighted by Crippen LogP contribution is -2.68. The van der Waals surface area contributed by atoms with Gasteiger partial charge in [0.2, 0.25) is 6.29 Å². The van der Waals surface area contributed by atoms with Crippen LogP contribution in [0.25, 0.3) is 0 Å². The van der Waals surface area contributed by atoms with Gasteiger partial charge in [-0.15, -0.1) is 0 Å². The van der Waals surface area contributed by atoms with Crippen molar-refractivity contribution in [3.05, 3.63) is 0 Å². The minimum atomic E-state index is -2.43. The van der Waals surface area contributed by atoms with Gasteiger partial charge in [0.15, 0.2) is 49.6 Å². The first-order valence-electron chi connectivity index (χ1n) is 16.5. The molecule has 0 saturated carbocycles. The second-order valence-corrected chi connectivity index (χ2v) is 28.5. The van der Waals surface area contributed by atoms with Crippen molar-refractivity contribution in [2.45, 2.75) is 155 Å². The van der Waals surface area contributed by atoms with Crippen LogP contribution < -0.4 is 0 Å². The summed E-state index contributed by atoms with van der Waals surface area (Å²) in [5, 5.41) is 0. The molecule has 2 aliphatic heterocycles. The van der Waals surface area contributed by atoms with E-state index in [4.69, 9.17) is 51.2 Å². The van der Waals surface area contributed by atoms with Gasteiger partial charge in [-0.3, -0.25) is 24.0 Å². The van der Waals surface area contributed by atoms with E-state index in [1.165, 1.54) is 13.8 Å². The lowest BCUT2D eigenvalue weighted by molar-refractivity contribution is -0.373. The van der Waals surface area contributed by atoms with Crippen molar-refractivity contribution >= 4 is 54.8 Å². The summed E-state index contributed by atoms with van der Waals surface area (Å²) in [6.07, 6.45) is -11.9. The number of carbonyl (C=O) groups is 5. The number of ether oxygens (including phenoxy) is 8. The Labute approximate surface area is 297 Å². The molecule has 2 rings (SSSR count). The zero-order valence-electron chi connectivity index (χ0n) is 31.7. The quantitative estimate of drug-likeness (QED) is 0.134. The van der Waals surface area contributed by atoms with Crippen LogP contribution in [0, 0.1) is 0 Å². The lowest BCUT2D eigenvalue weighted by Gasteiger charge is -2.52. The van der Waals surface area contributed by atoms with Crippen LogP contribution in [-0.2, 0) is 75.1 Å². The van der Waals surface area contributed by atoms with Crippen LogP contribution in [0.15, 0.2) is 0 Å². The number of hydrogen-bond donors (Lipinski definition) is 0. The maximum Gasteiger partial charge on any atom is 0.303 e. The van der Waals surface area contributed by atoms with Crippen molar-refractivity contribution in [1.29, 1.82) is 0 Å². The number of carbonyl (C=O) groups excluding carboxylic acids is 5. The third kappa shape index (κ3) is 14.8. The molecule has 2 fully saturated rings. The first-order valence-corrected chi connectivity index (χ1v) is 26.8.